The number of hydrogen-bond acceptors (Lipinski definition) is 3. The highest BCUT2D eigenvalue weighted by Crippen LogP contribution is 2.37. The van der Waals surface area contributed by atoms with E-state index in [1.807, 2.05) is 6.92 Å². The highest BCUT2D eigenvalue weighted by Gasteiger charge is 2.33. The summed E-state index contributed by atoms with van der Waals surface area (Å²) in [5.74, 6) is -0.271. The molecule has 0 radical (unpaired) electrons. The van der Waals surface area contributed by atoms with Crippen molar-refractivity contribution in [3.63, 3.8) is 0 Å². The van der Waals surface area contributed by atoms with Gasteiger partial charge in [0.15, 0.2) is 15.6 Å². The number of rotatable bonds is 6. The van der Waals surface area contributed by atoms with Gasteiger partial charge in [0, 0.05) is 22.0 Å². The smallest absolute Gasteiger partial charge is 0.185 e. The number of carbonyl (C=O) groups is 1. The molecule has 0 heterocycles. The Labute approximate surface area is 174 Å². The molecule has 3 aromatic carbocycles. The minimum Gasteiger partial charge on any atom is -0.294 e. The lowest BCUT2D eigenvalue weighted by molar-refractivity contribution is 0.0981. The van der Waals surface area contributed by atoms with Crippen LogP contribution in [-0.2, 0) is 9.84 Å². The van der Waals surface area contributed by atoms with Gasteiger partial charge in [-0.15, -0.1) is 0 Å². The quantitative estimate of drug-likeness (QED) is 0.442. The summed E-state index contributed by atoms with van der Waals surface area (Å²) in [7, 11) is -3.86. The molecule has 0 aliphatic rings. The molecule has 144 valence electrons. The van der Waals surface area contributed by atoms with Crippen LogP contribution >= 0.6 is 23.2 Å². The van der Waals surface area contributed by atoms with Gasteiger partial charge in [0.2, 0.25) is 0 Å². The molecule has 0 saturated heterocycles. The standard InChI is InChI=1S/C22H18Cl2O3S/c1-15-7-10-18(11-8-15)28(26,27)22(19-12-9-17(23)13-20(19)24)14-21(25)16-5-3-2-4-6-16/h2-13,22H,14H2,1H3. The van der Waals surface area contributed by atoms with Crippen molar-refractivity contribution in [2.24, 2.45) is 0 Å². The Kier molecular flexibility index (Phi) is 6.23. The molecule has 0 amide bonds. The van der Waals surface area contributed by atoms with Crippen LogP contribution < -0.4 is 0 Å². The normalized spacial score (nSPS) is 12.5. The Hall–Kier alpha value is -2.14. The number of carbonyl (C=O) groups excluding carboxylic acids is 1. The lowest BCUT2D eigenvalue weighted by Gasteiger charge is -2.19. The van der Waals surface area contributed by atoms with Crippen molar-refractivity contribution in [1.29, 1.82) is 0 Å². The van der Waals surface area contributed by atoms with Crippen molar-refractivity contribution in [3.8, 4) is 0 Å². The lowest BCUT2D eigenvalue weighted by Crippen LogP contribution is -2.18. The fraction of sp³-hybridized carbons (Fsp3) is 0.136. The summed E-state index contributed by atoms with van der Waals surface area (Å²) in [5.41, 5.74) is 1.76. The van der Waals surface area contributed by atoms with Crippen LogP contribution in [0.3, 0.4) is 0 Å². The van der Waals surface area contributed by atoms with E-state index >= 15 is 0 Å². The maximum atomic E-state index is 13.4. The van der Waals surface area contributed by atoms with Crippen LogP contribution in [0.25, 0.3) is 0 Å². The molecule has 0 aliphatic heterocycles. The van der Waals surface area contributed by atoms with Gasteiger partial charge in [-0.1, -0.05) is 77.3 Å². The van der Waals surface area contributed by atoms with Gasteiger partial charge in [0.25, 0.3) is 0 Å². The van der Waals surface area contributed by atoms with Crippen LogP contribution in [0.15, 0.2) is 77.7 Å². The fourth-order valence-corrected chi connectivity index (χ4v) is 5.31. The van der Waals surface area contributed by atoms with Crippen LogP contribution in [0.5, 0.6) is 0 Å². The summed E-state index contributed by atoms with van der Waals surface area (Å²) >= 11 is 12.3. The van der Waals surface area contributed by atoms with Gasteiger partial charge in [-0.2, -0.15) is 0 Å². The van der Waals surface area contributed by atoms with Gasteiger partial charge in [-0.3, -0.25) is 4.79 Å². The zero-order valence-corrected chi connectivity index (χ0v) is 17.4. The van der Waals surface area contributed by atoms with E-state index in [-0.39, 0.29) is 22.1 Å². The summed E-state index contributed by atoms with van der Waals surface area (Å²) < 4.78 is 26.8. The van der Waals surface area contributed by atoms with E-state index in [1.54, 1.807) is 66.7 Å². The van der Waals surface area contributed by atoms with E-state index in [0.29, 0.717) is 16.1 Å². The van der Waals surface area contributed by atoms with Crippen LogP contribution in [0.1, 0.15) is 33.2 Å². The molecule has 6 heteroatoms. The molecule has 0 saturated carbocycles. The SMILES string of the molecule is Cc1ccc(S(=O)(=O)C(CC(=O)c2ccccc2)c2ccc(Cl)cc2Cl)cc1. The van der Waals surface area contributed by atoms with Crippen molar-refractivity contribution in [3.05, 3.63) is 99.5 Å². The average molecular weight is 433 g/mol. The molecule has 28 heavy (non-hydrogen) atoms. The van der Waals surface area contributed by atoms with Crippen molar-refractivity contribution in [1.82, 2.24) is 0 Å². The minimum absolute atomic E-state index is 0.148. The Morgan fingerprint density at radius 3 is 2.18 bits per heavy atom. The first-order chi connectivity index (χ1) is 13.3. The summed E-state index contributed by atoms with van der Waals surface area (Å²) in [4.78, 5) is 13.0. The number of aryl methyl sites for hydroxylation is 1. The van der Waals surface area contributed by atoms with E-state index in [4.69, 9.17) is 23.2 Å². The zero-order chi connectivity index (χ0) is 20.3. The molecule has 3 aromatic rings. The summed E-state index contributed by atoms with van der Waals surface area (Å²) in [6, 6.07) is 19.8. The van der Waals surface area contributed by atoms with Gasteiger partial charge in [-0.05, 0) is 36.8 Å². The summed E-state index contributed by atoms with van der Waals surface area (Å²) in [6.45, 7) is 1.88. The summed E-state index contributed by atoms with van der Waals surface area (Å²) in [5, 5.41) is -0.503. The molecule has 0 aliphatic carbocycles. The molecule has 0 N–H and O–H groups in total. The lowest BCUT2D eigenvalue weighted by atomic mass is 10.0. The third-order valence-corrected chi connectivity index (χ3v) is 7.16. The monoisotopic (exact) mass is 432 g/mol. The second-order valence-electron chi connectivity index (χ2n) is 6.51. The van der Waals surface area contributed by atoms with Gasteiger partial charge >= 0.3 is 0 Å². The van der Waals surface area contributed by atoms with E-state index in [9.17, 15) is 13.2 Å². The van der Waals surface area contributed by atoms with Crippen LogP contribution in [0.2, 0.25) is 10.0 Å². The molecule has 0 spiro atoms. The van der Waals surface area contributed by atoms with E-state index in [0.717, 1.165) is 5.56 Å². The van der Waals surface area contributed by atoms with Crippen LogP contribution in [-0.4, -0.2) is 14.2 Å². The van der Waals surface area contributed by atoms with Gasteiger partial charge < -0.3 is 0 Å². The van der Waals surface area contributed by atoms with Crippen LogP contribution in [0, 0.1) is 6.92 Å². The third-order valence-electron chi connectivity index (χ3n) is 4.50. The minimum atomic E-state index is -3.86. The molecule has 1 unspecified atom stereocenters. The maximum Gasteiger partial charge on any atom is 0.185 e. The van der Waals surface area contributed by atoms with Gasteiger partial charge in [-0.25, -0.2) is 8.42 Å². The van der Waals surface area contributed by atoms with Crippen molar-refractivity contribution in [2.75, 3.05) is 0 Å². The zero-order valence-electron chi connectivity index (χ0n) is 15.1. The van der Waals surface area contributed by atoms with Crippen molar-refractivity contribution in [2.45, 2.75) is 23.5 Å². The number of sulfone groups is 1. The average Bonchev–Trinajstić information content (AvgIpc) is 2.67. The predicted molar refractivity (Wildman–Crippen MR) is 113 cm³/mol. The highest BCUT2D eigenvalue weighted by atomic mass is 35.5. The Bertz CT molecular complexity index is 1090. The second kappa shape index (κ2) is 8.48. The molecular weight excluding hydrogens is 415 g/mol. The molecule has 0 bridgehead atoms. The van der Waals surface area contributed by atoms with Crippen LogP contribution in [0.4, 0.5) is 0 Å². The molecular formula is C22H18Cl2O3S. The molecule has 1 atom stereocenters. The van der Waals surface area contributed by atoms with E-state index < -0.39 is 15.1 Å². The van der Waals surface area contributed by atoms with Gasteiger partial charge in [0.1, 0.15) is 0 Å². The first kappa shape index (κ1) is 20.6. The number of Topliss-reactive ketones (excluding diaryl/α,β-unsaturated/α-hetero) is 1. The topological polar surface area (TPSA) is 51.2 Å². The molecule has 3 nitrogen and oxygen atoms in total. The van der Waals surface area contributed by atoms with E-state index in [2.05, 4.69) is 0 Å². The van der Waals surface area contributed by atoms with Crippen molar-refractivity contribution < 1.29 is 13.2 Å². The first-order valence-electron chi connectivity index (χ1n) is 8.63. The Morgan fingerprint density at radius 2 is 1.57 bits per heavy atom. The largest absolute Gasteiger partial charge is 0.294 e. The number of ketones is 1. The first-order valence-corrected chi connectivity index (χ1v) is 10.9. The number of hydrogen-bond donors (Lipinski definition) is 0. The maximum absolute atomic E-state index is 13.4. The summed E-state index contributed by atoms with van der Waals surface area (Å²) in [6.07, 6.45) is -0.221. The highest BCUT2D eigenvalue weighted by molar-refractivity contribution is 7.91. The molecule has 0 fully saturated rings. The Balaban J connectivity index is 2.08. The number of halogens is 2. The van der Waals surface area contributed by atoms with Gasteiger partial charge in [0.05, 0.1) is 10.1 Å². The second-order valence-corrected chi connectivity index (χ2v) is 9.48. The van der Waals surface area contributed by atoms with Crippen molar-refractivity contribution >= 4 is 38.8 Å². The fourth-order valence-electron chi connectivity index (χ4n) is 2.95. The third kappa shape index (κ3) is 4.46. The molecule has 0 aromatic heterocycles. The predicted octanol–water partition coefficient (Wildman–Crippen LogP) is 6.09. The molecule has 3 rings (SSSR count). The Morgan fingerprint density at radius 1 is 0.929 bits per heavy atom. The van der Waals surface area contributed by atoms with E-state index in [1.165, 1.54) is 6.07 Å². The number of benzene rings is 3.